The molecule has 2 aromatic rings. The fraction of sp³-hybridized carbons (Fsp3) is 0.364. The normalized spacial score (nSPS) is 29.5. The predicted octanol–water partition coefficient (Wildman–Crippen LogP) is 3.63. The number of aliphatic hydroxyl groups is 1. The topological polar surface area (TPSA) is 41.9 Å². The average Bonchev–Trinajstić information content (AvgIpc) is 2.90. The highest BCUT2D eigenvalue weighted by atomic mass is 16.5. The van der Waals surface area contributed by atoms with Crippen LogP contribution in [0.5, 0.6) is 17.2 Å². The van der Waals surface area contributed by atoms with Crippen LogP contribution in [0.4, 0.5) is 0 Å². The molecular weight excluding hydrogens is 326 g/mol. The molecule has 0 aromatic heterocycles. The molecule has 2 unspecified atom stereocenters. The molecule has 1 aliphatic carbocycles. The lowest BCUT2D eigenvalue weighted by Gasteiger charge is -2.35. The van der Waals surface area contributed by atoms with E-state index in [9.17, 15) is 5.11 Å². The highest BCUT2D eigenvalue weighted by Gasteiger charge is 2.52. The standard InChI is InChI=1S/C22H23NO3/c1-23-12-11-22-10-9-16(24)13-19(22)26-21-18(8-7-15(14-23)20(21)22)25-17-5-3-2-4-6-17/h2-10,16,19,24H,11-14H2,1H3/t16-,19?,22?/m0/s1. The van der Waals surface area contributed by atoms with Crippen molar-refractivity contribution in [3.63, 3.8) is 0 Å². The minimum atomic E-state index is -0.442. The van der Waals surface area contributed by atoms with Crippen molar-refractivity contribution in [3.05, 3.63) is 65.7 Å². The first-order valence-electron chi connectivity index (χ1n) is 9.27. The summed E-state index contributed by atoms with van der Waals surface area (Å²) in [4.78, 5) is 2.36. The van der Waals surface area contributed by atoms with Crippen LogP contribution in [0.25, 0.3) is 0 Å². The first-order valence-corrected chi connectivity index (χ1v) is 9.27. The number of rotatable bonds is 2. The van der Waals surface area contributed by atoms with Gasteiger partial charge in [0.05, 0.1) is 11.5 Å². The van der Waals surface area contributed by atoms with E-state index < -0.39 is 6.10 Å². The van der Waals surface area contributed by atoms with Gasteiger partial charge in [0.2, 0.25) is 0 Å². The molecule has 1 N–H and O–H groups in total. The summed E-state index contributed by atoms with van der Waals surface area (Å²) in [5.41, 5.74) is 2.39. The molecule has 4 heteroatoms. The molecule has 0 bridgehead atoms. The number of ether oxygens (including phenoxy) is 2. The lowest BCUT2D eigenvalue weighted by Crippen LogP contribution is -2.42. The first-order chi connectivity index (χ1) is 12.7. The predicted molar refractivity (Wildman–Crippen MR) is 99.8 cm³/mol. The highest BCUT2D eigenvalue weighted by Crippen LogP contribution is 2.56. The van der Waals surface area contributed by atoms with E-state index >= 15 is 0 Å². The fourth-order valence-corrected chi connectivity index (χ4v) is 4.61. The molecule has 3 atom stereocenters. The van der Waals surface area contributed by atoms with Gasteiger partial charge in [-0.25, -0.2) is 0 Å². The number of hydrogen-bond acceptors (Lipinski definition) is 4. The third-order valence-electron chi connectivity index (χ3n) is 5.90. The molecule has 134 valence electrons. The Bertz CT molecular complexity index is 863. The van der Waals surface area contributed by atoms with Crippen LogP contribution in [-0.4, -0.2) is 35.8 Å². The summed E-state index contributed by atoms with van der Waals surface area (Å²) in [7, 11) is 2.16. The van der Waals surface area contributed by atoms with Crippen molar-refractivity contribution in [1.29, 1.82) is 0 Å². The zero-order valence-electron chi connectivity index (χ0n) is 14.9. The van der Waals surface area contributed by atoms with E-state index in [1.54, 1.807) is 0 Å². The second kappa shape index (κ2) is 5.86. The minimum Gasteiger partial charge on any atom is -0.485 e. The Morgan fingerprint density at radius 3 is 2.88 bits per heavy atom. The Hall–Kier alpha value is -2.30. The second-order valence-electron chi connectivity index (χ2n) is 7.64. The second-order valence-corrected chi connectivity index (χ2v) is 7.64. The maximum absolute atomic E-state index is 10.2. The molecule has 0 amide bonds. The molecular formula is C22H23NO3. The van der Waals surface area contributed by atoms with Gasteiger partial charge in [-0.2, -0.15) is 0 Å². The molecule has 0 radical (unpaired) electrons. The van der Waals surface area contributed by atoms with E-state index in [0.29, 0.717) is 6.42 Å². The number of para-hydroxylation sites is 1. The maximum Gasteiger partial charge on any atom is 0.169 e. The molecule has 3 aliphatic rings. The van der Waals surface area contributed by atoms with Crippen LogP contribution in [-0.2, 0) is 12.0 Å². The van der Waals surface area contributed by atoms with Crippen LogP contribution in [0.15, 0.2) is 54.6 Å². The number of hydrogen-bond donors (Lipinski definition) is 1. The largest absolute Gasteiger partial charge is 0.485 e. The van der Waals surface area contributed by atoms with Gasteiger partial charge in [-0.1, -0.05) is 36.4 Å². The van der Waals surface area contributed by atoms with E-state index in [1.807, 2.05) is 42.5 Å². The molecule has 2 aromatic carbocycles. The van der Waals surface area contributed by atoms with Crippen molar-refractivity contribution in [2.75, 3.05) is 13.6 Å². The maximum atomic E-state index is 10.2. The third-order valence-corrected chi connectivity index (χ3v) is 5.90. The lowest BCUT2D eigenvalue weighted by atomic mass is 9.69. The Morgan fingerprint density at radius 2 is 2.04 bits per heavy atom. The van der Waals surface area contributed by atoms with Crippen molar-refractivity contribution >= 4 is 0 Å². The monoisotopic (exact) mass is 349 g/mol. The quantitative estimate of drug-likeness (QED) is 0.841. The zero-order valence-corrected chi connectivity index (χ0v) is 14.9. The van der Waals surface area contributed by atoms with Gasteiger partial charge in [0.1, 0.15) is 11.9 Å². The van der Waals surface area contributed by atoms with Gasteiger partial charge >= 0.3 is 0 Å². The zero-order chi connectivity index (χ0) is 17.7. The third kappa shape index (κ3) is 2.37. The average molecular weight is 349 g/mol. The van der Waals surface area contributed by atoms with Gasteiger partial charge in [-0.05, 0) is 43.8 Å². The number of nitrogens with zero attached hydrogens (tertiary/aromatic N) is 1. The smallest absolute Gasteiger partial charge is 0.169 e. The summed E-state index contributed by atoms with van der Waals surface area (Å²) in [6.45, 7) is 1.91. The van der Waals surface area contributed by atoms with Gasteiger partial charge < -0.3 is 19.5 Å². The van der Waals surface area contributed by atoms with E-state index in [0.717, 1.165) is 36.8 Å². The van der Waals surface area contributed by atoms with E-state index in [1.165, 1.54) is 11.1 Å². The van der Waals surface area contributed by atoms with E-state index in [4.69, 9.17) is 9.47 Å². The molecule has 2 heterocycles. The van der Waals surface area contributed by atoms with Crippen molar-refractivity contribution in [1.82, 2.24) is 4.90 Å². The number of benzene rings is 2. The fourth-order valence-electron chi connectivity index (χ4n) is 4.61. The molecule has 2 aliphatic heterocycles. The van der Waals surface area contributed by atoms with Gasteiger partial charge in [0.15, 0.2) is 11.5 Å². The number of aliphatic hydroxyl groups excluding tert-OH is 1. The Labute approximate surface area is 153 Å². The van der Waals surface area contributed by atoms with Crippen LogP contribution in [0, 0.1) is 0 Å². The highest BCUT2D eigenvalue weighted by molar-refractivity contribution is 5.61. The van der Waals surface area contributed by atoms with Crippen LogP contribution >= 0.6 is 0 Å². The SMILES string of the molecule is CN1CCC23C=C[C@H](O)CC2Oc2c(Oc4ccccc4)ccc(c23)C1. The molecule has 5 rings (SSSR count). The van der Waals surface area contributed by atoms with Crippen molar-refractivity contribution in [2.24, 2.45) is 0 Å². The summed E-state index contributed by atoms with van der Waals surface area (Å²) < 4.78 is 12.6. The van der Waals surface area contributed by atoms with Crippen LogP contribution in [0.3, 0.4) is 0 Å². The molecule has 1 spiro atoms. The molecule has 0 saturated carbocycles. The summed E-state index contributed by atoms with van der Waals surface area (Å²) in [6.07, 6.45) is 5.26. The van der Waals surface area contributed by atoms with Crippen LogP contribution in [0.2, 0.25) is 0 Å². The molecule has 26 heavy (non-hydrogen) atoms. The Balaban J connectivity index is 1.65. The van der Waals surface area contributed by atoms with Crippen molar-refractivity contribution in [2.45, 2.75) is 37.0 Å². The van der Waals surface area contributed by atoms with Gasteiger partial charge in [-0.15, -0.1) is 0 Å². The van der Waals surface area contributed by atoms with Gasteiger partial charge in [-0.3, -0.25) is 0 Å². The Kier molecular flexibility index (Phi) is 3.59. The first kappa shape index (κ1) is 15.9. The lowest BCUT2D eigenvalue weighted by molar-refractivity contribution is 0.0824. The minimum absolute atomic E-state index is 0.0386. The van der Waals surface area contributed by atoms with Gasteiger partial charge in [0.25, 0.3) is 0 Å². The molecule has 0 saturated heterocycles. The summed E-state index contributed by atoms with van der Waals surface area (Å²) in [6, 6.07) is 14.0. The van der Waals surface area contributed by atoms with Crippen LogP contribution < -0.4 is 9.47 Å². The van der Waals surface area contributed by atoms with E-state index in [-0.39, 0.29) is 11.5 Å². The van der Waals surface area contributed by atoms with Gasteiger partial charge in [0, 0.05) is 18.5 Å². The summed E-state index contributed by atoms with van der Waals surface area (Å²) >= 11 is 0. The Morgan fingerprint density at radius 1 is 1.19 bits per heavy atom. The van der Waals surface area contributed by atoms with Crippen LogP contribution in [0.1, 0.15) is 24.0 Å². The summed E-state index contributed by atoms with van der Waals surface area (Å²) in [5.74, 6) is 2.42. The summed E-state index contributed by atoms with van der Waals surface area (Å²) in [5, 5.41) is 10.2. The molecule has 4 nitrogen and oxygen atoms in total. The molecule has 0 fully saturated rings. The van der Waals surface area contributed by atoms with Crippen molar-refractivity contribution in [3.8, 4) is 17.2 Å². The van der Waals surface area contributed by atoms with E-state index in [2.05, 4.69) is 24.1 Å². The van der Waals surface area contributed by atoms with Crippen molar-refractivity contribution < 1.29 is 14.6 Å².